The van der Waals surface area contributed by atoms with E-state index in [1.807, 2.05) is 0 Å². The van der Waals surface area contributed by atoms with E-state index < -0.39 is 0 Å². The van der Waals surface area contributed by atoms with Crippen LogP contribution in [0.15, 0.2) is 30.3 Å². The van der Waals surface area contributed by atoms with Crippen LogP contribution in [0.25, 0.3) is 0 Å². The Kier molecular flexibility index (Phi) is 2.62. The van der Waals surface area contributed by atoms with E-state index in [9.17, 15) is 4.79 Å². The second kappa shape index (κ2) is 4.34. The summed E-state index contributed by atoms with van der Waals surface area (Å²) in [5, 5.41) is 3.48. The van der Waals surface area contributed by atoms with E-state index in [1.54, 1.807) is 0 Å². The maximum Gasteiger partial charge on any atom is 0.240 e. The van der Waals surface area contributed by atoms with Gasteiger partial charge in [-0.3, -0.25) is 4.79 Å². The molecule has 3 unspecified atom stereocenters. The summed E-state index contributed by atoms with van der Waals surface area (Å²) in [5.41, 5.74) is 1.39. The zero-order chi connectivity index (χ0) is 12.8. The molecule has 1 aromatic carbocycles. The first-order chi connectivity index (χ1) is 9.33. The Morgan fingerprint density at radius 2 is 1.89 bits per heavy atom. The van der Waals surface area contributed by atoms with Gasteiger partial charge < -0.3 is 10.2 Å². The topological polar surface area (TPSA) is 32.3 Å². The highest BCUT2D eigenvalue weighted by Crippen LogP contribution is 2.46. The lowest BCUT2D eigenvalue weighted by Gasteiger charge is -2.17. The molecule has 1 heterocycles. The lowest BCUT2D eigenvalue weighted by atomic mass is 10.1. The Morgan fingerprint density at radius 1 is 1.11 bits per heavy atom. The highest BCUT2D eigenvalue weighted by Gasteiger charge is 2.48. The number of benzene rings is 1. The number of rotatable bonds is 4. The van der Waals surface area contributed by atoms with Gasteiger partial charge in [0, 0.05) is 24.5 Å². The Morgan fingerprint density at radius 3 is 2.63 bits per heavy atom. The summed E-state index contributed by atoms with van der Waals surface area (Å²) in [4.78, 5) is 14.5. The van der Waals surface area contributed by atoms with Gasteiger partial charge in [-0.25, -0.2) is 0 Å². The van der Waals surface area contributed by atoms with Gasteiger partial charge in [0.2, 0.25) is 5.91 Å². The molecule has 1 aromatic rings. The van der Waals surface area contributed by atoms with Gasteiger partial charge in [-0.1, -0.05) is 30.3 Å². The molecular weight excluding hydrogens is 236 g/mol. The van der Waals surface area contributed by atoms with Gasteiger partial charge in [0.05, 0.1) is 6.04 Å². The smallest absolute Gasteiger partial charge is 0.240 e. The molecular formula is C16H20N2O. The monoisotopic (exact) mass is 256 g/mol. The van der Waals surface area contributed by atoms with Crippen molar-refractivity contribution in [2.24, 2.45) is 0 Å². The molecule has 1 amide bonds. The van der Waals surface area contributed by atoms with E-state index in [1.165, 1.54) is 18.4 Å². The second-order valence-electron chi connectivity index (χ2n) is 6.13. The van der Waals surface area contributed by atoms with Crippen molar-refractivity contribution in [2.75, 3.05) is 6.54 Å². The molecule has 1 saturated heterocycles. The van der Waals surface area contributed by atoms with Gasteiger partial charge in [0.25, 0.3) is 0 Å². The number of nitrogens with zero attached hydrogens (tertiary/aromatic N) is 1. The zero-order valence-electron chi connectivity index (χ0n) is 11.1. The maximum atomic E-state index is 12.4. The number of amides is 1. The number of hydrogen-bond acceptors (Lipinski definition) is 2. The van der Waals surface area contributed by atoms with E-state index in [0.717, 1.165) is 19.4 Å². The third-order valence-corrected chi connectivity index (χ3v) is 4.64. The highest BCUT2D eigenvalue weighted by atomic mass is 16.2. The van der Waals surface area contributed by atoms with E-state index in [0.29, 0.717) is 23.9 Å². The van der Waals surface area contributed by atoms with Crippen LogP contribution in [0, 0.1) is 0 Å². The summed E-state index contributed by atoms with van der Waals surface area (Å²) in [6.07, 6.45) is 4.64. The summed E-state index contributed by atoms with van der Waals surface area (Å²) < 4.78 is 0. The molecule has 0 bridgehead atoms. The lowest BCUT2D eigenvalue weighted by Crippen LogP contribution is -2.40. The van der Waals surface area contributed by atoms with Crippen molar-refractivity contribution < 1.29 is 4.79 Å². The summed E-state index contributed by atoms with van der Waals surface area (Å²) >= 11 is 0. The third-order valence-electron chi connectivity index (χ3n) is 4.64. The summed E-state index contributed by atoms with van der Waals surface area (Å²) in [6.45, 7) is 0.942. The molecule has 3 atom stereocenters. The molecule has 19 heavy (non-hydrogen) atoms. The molecule has 0 spiro atoms. The van der Waals surface area contributed by atoms with Crippen LogP contribution in [0.3, 0.4) is 0 Å². The van der Waals surface area contributed by atoms with Gasteiger partial charge in [-0.2, -0.15) is 0 Å². The van der Waals surface area contributed by atoms with Crippen molar-refractivity contribution >= 4 is 5.91 Å². The van der Waals surface area contributed by atoms with Gasteiger partial charge in [-0.05, 0) is 31.2 Å². The predicted molar refractivity (Wildman–Crippen MR) is 73.9 cm³/mol. The number of carbonyl (C=O) groups excluding carboxylic acids is 1. The number of carbonyl (C=O) groups is 1. The first-order valence-electron chi connectivity index (χ1n) is 7.44. The summed E-state index contributed by atoms with van der Waals surface area (Å²) in [7, 11) is 0. The fourth-order valence-electron chi connectivity index (χ4n) is 3.30. The van der Waals surface area contributed by atoms with Crippen LogP contribution in [0.1, 0.15) is 37.2 Å². The van der Waals surface area contributed by atoms with E-state index >= 15 is 0 Å². The first kappa shape index (κ1) is 11.5. The van der Waals surface area contributed by atoms with E-state index in [4.69, 9.17) is 0 Å². The van der Waals surface area contributed by atoms with E-state index in [2.05, 4.69) is 40.5 Å². The van der Waals surface area contributed by atoms with Crippen LogP contribution < -0.4 is 5.32 Å². The molecule has 3 aliphatic rings. The quantitative estimate of drug-likeness (QED) is 0.892. The van der Waals surface area contributed by atoms with Crippen LogP contribution in [0.4, 0.5) is 0 Å². The van der Waals surface area contributed by atoms with Crippen molar-refractivity contribution in [3.63, 3.8) is 0 Å². The normalized spacial score (nSPS) is 33.8. The minimum absolute atomic E-state index is 0.101. The van der Waals surface area contributed by atoms with Crippen molar-refractivity contribution in [3.8, 4) is 0 Å². The van der Waals surface area contributed by atoms with Crippen molar-refractivity contribution in [1.82, 2.24) is 10.2 Å². The highest BCUT2D eigenvalue weighted by molar-refractivity contribution is 5.85. The molecule has 3 heteroatoms. The Bertz CT molecular complexity index is 483. The fourth-order valence-corrected chi connectivity index (χ4v) is 3.30. The number of likely N-dealkylation sites (tertiary alicyclic amines) is 1. The fraction of sp³-hybridized carbons (Fsp3) is 0.562. The summed E-state index contributed by atoms with van der Waals surface area (Å²) in [6, 6.07) is 11.8. The molecule has 0 radical (unpaired) electrons. The van der Waals surface area contributed by atoms with Crippen LogP contribution in [-0.4, -0.2) is 35.5 Å². The number of nitrogens with one attached hydrogen (secondary N) is 1. The average Bonchev–Trinajstić information content (AvgIpc) is 3.33. The van der Waals surface area contributed by atoms with Crippen molar-refractivity contribution in [3.05, 3.63) is 35.9 Å². The SMILES string of the molecule is O=C1C(NC2CC2)CCN1C1CC1c1ccccc1. The van der Waals surface area contributed by atoms with Crippen LogP contribution >= 0.6 is 0 Å². The van der Waals surface area contributed by atoms with Gasteiger partial charge in [0.1, 0.15) is 0 Å². The Labute approximate surface area is 114 Å². The molecule has 100 valence electrons. The molecule has 2 saturated carbocycles. The lowest BCUT2D eigenvalue weighted by molar-refractivity contribution is -0.130. The molecule has 3 nitrogen and oxygen atoms in total. The molecule has 3 fully saturated rings. The Balaban J connectivity index is 1.40. The van der Waals surface area contributed by atoms with Crippen LogP contribution in [-0.2, 0) is 4.79 Å². The van der Waals surface area contributed by atoms with Crippen molar-refractivity contribution in [2.45, 2.75) is 49.7 Å². The van der Waals surface area contributed by atoms with Gasteiger partial charge >= 0.3 is 0 Å². The molecule has 1 N–H and O–H groups in total. The second-order valence-corrected chi connectivity index (χ2v) is 6.13. The predicted octanol–water partition coefficient (Wildman–Crippen LogP) is 1.90. The maximum absolute atomic E-state index is 12.4. The third kappa shape index (κ3) is 2.16. The zero-order valence-corrected chi connectivity index (χ0v) is 11.1. The van der Waals surface area contributed by atoms with Crippen molar-refractivity contribution in [1.29, 1.82) is 0 Å². The number of hydrogen-bond donors (Lipinski definition) is 1. The first-order valence-corrected chi connectivity index (χ1v) is 7.44. The van der Waals surface area contributed by atoms with Crippen LogP contribution in [0.5, 0.6) is 0 Å². The molecule has 1 aliphatic heterocycles. The standard InChI is InChI=1S/C16H20N2O/c19-16-14(17-12-6-7-12)8-9-18(16)15-10-13(15)11-4-2-1-3-5-11/h1-5,12-15,17H,6-10H2. The van der Waals surface area contributed by atoms with Gasteiger partial charge in [0.15, 0.2) is 0 Å². The summed E-state index contributed by atoms with van der Waals surface area (Å²) in [5.74, 6) is 0.917. The van der Waals surface area contributed by atoms with Crippen LogP contribution in [0.2, 0.25) is 0 Å². The minimum Gasteiger partial charge on any atom is -0.338 e. The molecule has 0 aromatic heterocycles. The molecule has 2 aliphatic carbocycles. The van der Waals surface area contributed by atoms with Gasteiger partial charge in [-0.15, -0.1) is 0 Å². The average molecular weight is 256 g/mol. The van der Waals surface area contributed by atoms with E-state index in [-0.39, 0.29) is 6.04 Å². The minimum atomic E-state index is 0.101. The molecule has 4 rings (SSSR count). The Hall–Kier alpha value is -1.35. The largest absolute Gasteiger partial charge is 0.338 e.